The molecule has 0 spiro atoms. The van der Waals surface area contributed by atoms with Crippen molar-refractivity contribution < 1.29 is 14.5 Å². The number of hydrogen-bond acceptors (Lipinski definition) is 4. The molecule has 0 saturated carbocycles. The fourth-order valence-electron chi connectivity index (χ4n) is 2.20. The second kappa shape index (κ2) is 8.52. The first-order chi connectivity index (χ1) is 11.6. The zero-order chi connectivity index (χ0) is 17.4. The summed E-state index contributed by atoms with van der Waals surface area (Å²) in [5.41, 5.74) is 1.50. The first kappa shape index (κ1) is 17.3. The maximum Gasteiger partial charge on any atom is 0.319 e. The van der Waals surface area contributed by atoms with Crippen LogP contribution in [0.4, 0.5) is 16.2 Å². The highest BCUT2D eigenvalue weighted by atomic mass is 16.6. The van der Waals surface area contributed by atoms with Crippen molar-refractivity contribution in [2.24, 2.45) is 0 Å². The molecule has 2 aromatic rings. The topological polar surface area (TPSA) is 93.5 Å². The average Bonchev–Trinajstić information content (AvgIpc) is 2.59. The average molecular weight is 329 g/mol. The van der Waals surface area contributed by atoms with Gasteiger partial charge in [-0.3, -0.25) is 10.1 Å². The first-order valence-electron chi connectivity index (χ1n) is 7.51. The maximum atomic E-state index is 11.9. The van der Waals surface area contributed by atoms with Gasteiger partial charge in [-0.1, -0.05) is 30.3 Å². The number of hydrogen-bond donors (Lipinski definition) is 2. The molecular weight excluding hydrogens is 310 g/mol. The number of aryl methyl sites for hydroxylation is 1. The maximum absolute atomic E-state index is 11.9. The highest BCUT2D eigenvalue weighted by Crippen LogP contribution is 2.28. The largest absolute Gasteiger partial charge is 0.494 e. The Kier molecular flexibility index (Phi) is 6.13. The van der Waals surface area contributed by atoms with E-state index in [0.717, 1.165) is 12.8 Å². The normalized spacial score (nSPS) is 10.0. The molecule has 0 fully saturated rings. The fraction of sp³-hybridized carbons (Fsp3) is 0.235. The van der Waals surface area contributed by atoms with Gasteiger partial charge in [-0.05, 0) is 24.5 Å². The van der Waals surface area contributed by atoms with Crippen LogP contribution in [0.25, 0.3) is 0 Å². The Hall–Kier alpha value is -3.09. The molecule has 24 heavy (non-hydrogen) atoms. The number of rotatable bonds is 7. The highest BCUT2D eigenvalue weighted by Gasteiger charge is 2.13. The third kappa shape index (κ3) is 4.98. The SMILES string of the molecule is COc1cc([N+](=O)[O-])ccc1NC(=O)NCCCc1ccccc1. The molecule has 0 aliphatic heterocycles. The van der Waals surface area contributed by atoms with Gasteiger partial charge in [0.15, 0.2) is 0 Å². The molecule has 0 heterocycles. The molecule has 0 radical (unpaired) electrons. The molecule has 0 aliphatic rings. The van der Waals surface area contributed by atoms with Crippen LogP contribution in [-0.2, 0) is 6.42 Å². The summed E-state index contributed by atoms with van der Waals surface area (Å²) in [6.45, 7) is 0.524. The van der Waals surface area contributed by atoms with E-state index in [2.05, 4.69) is 10.6 Å². The van der Waals surface area contributed by atoms with Crippen molar-refractivity contribution in [2.75, 3.05) is 19.0 Å². The lowest BCUT2D eigenvalue weighted by Crippen LogP contribution is -2.29. The quantitative estimate of drug-likeness (QED) is 0.463. The van der Waals surface area contributed by atoms with Gasteiger partial charge in [0.05, 0.1) is 23.8 Å². The molecule has 0 bridgehead atoms. The van der Waals surface area contributed by atoms with Crippen LogP contribution in [0, 0.1) is 10.1 Å². The number of nitro groups is 1. The Balaban J connectivity index is 1.82. The summed E-state index contributed by atoms with van der Waals surface area (Å²) in [5, 5.41) is 16.1. The van der Waals surface area contributed by atoms with Gasteiger partial charge in [-0.15, -0.1) is 0 Å². The lowest BCUT2D eigenvalue weighted by molar-refractivity contribution is -0.384. The molecule has 7 heteroatoms. The number of carbonyl (C=O) groups is 1. The standard InChI is InChI=1S/C17H19N3O4/c1-24-16-12-14(20(22)23)9-10-15(16)19-17(21)18-11-5-8-13-6-3-2-4-7-13/h2-4,6-7,9-10,12H,5,8,11H2,1H3,(H2,18,19,21). The van der Waals surface area contributed by atoms with Gasteiger partial charge < -0.3 is 15.4 Å². The van der Waals surface area contributed by atoms with Crippen molar-refractivity contribution >= 4 is 17.4 Å². The van der Waals surface area contributed by atoms with Gasteiger partial charge in [0.2, 0.25) is 0 Å². The van der Waals surface area contributed by atoms with Crippen LogP contribution in [0.2, 0.25) is 0 Å². The summed E-state index contributed by atoms with van der Waals surface area (Å²) in [7, 11) is 1.39. The van der Waals surface area contributed by atoms with Gasteiger partial charge in [-0.2, -0.15) is 0 Å². The molecule has 2 N–H and O–H groups in total. The Morgan fingerprint density at radius 1 is 1.21 bits per heavy atom. The van der Waals surface area contributed by atoms with Crippen molar-refractivity contribution in [1.29, 1.82) is 0 Å². The number of carbonyl (C=O) groups excluding carboxylic acids is 1. The Morgan fingerprint density at radius 2 is 1.96 bits per heavy atom. The van der Waals surface area contributed by atoms with E-state index in [1.807, 2.05) is 30.3 Å². The third-order valence-corrected chi connectivity index (χ3v) is 3.41. The minimum absolute atomic E-state index is 0.0966. The van der Waals surface area contributed by atoms with Gasteiger partial charge in [0, 0.05) is 12.6 Å². The number of nitro benzene ring substituents is 1. The summed E-state index contributed by atoms with van der Waals surface area (Å²) in [4.78, 5) is 22.1. The monoisotopic (exact) mass is 329 g/mol. The second-order valence-corrected chi connectivity index (χ2v) is 5.11. The van der Waals surface area contributed by atoms with Crippen LogP contribution in [0.1, 0.15) is 12.0 Å². The summed E-state index contributed by atoms with van der Waals surface area (Å²) in [6.07, 6.45) is 1.69. The number of nitrogens with zero attached hydrogens (tertiary/aromatic N) is 1. The molecule has 0 aliphatic carbocycles. The molecule has 0 atom stereocenters. The minimum Gasteiger partial charge on any atom is -0.494 e. The highest BCUT2D eigenvalue weighted by molar-refractivity contribution is 5.91. The number of anilines is 1. The van der Waals surface area contributed by atoms with Crippen molar-refractivity contribution in [1.82, 2.24) is 5.32 Å². The van der Waals surface area contributed by atoms with E-state index in [1.165, 1.54) is 30.9 Å². The number of ether oxygens (including phenoxy) is 1. The van der Waals surface area contributed by atoms with Gasteiger partial charge in [-0.25, -0.2) is 4.79 Å². The lowest BCUT2D eigenvalue weighted by Gasteiger charge is -2.11. The molecule has 7 nitrogen and oxygen atoms in total. The molecule has 2 rings (SSSR count). The number of amides is 2. The van der Waals surface area contributed by atoms with Crippen molar-refractivity contribution in [3.8, 4) is 5.75 Å². The Bertz CT molecular complexity index is 704. The van der Waals surface area contributed by atoms with E-state index >= 15 is 0 Å². The van der Waals surface area contributed by atoms with Crippen molar-refractivity contribution in [3.05, 3.63) is 64.2 Å². The molecule has 0 saturated heterocycles. The first-order valence-corrected chi connectivity index (χ1v) is 7.51. The molecule has 0 aromatic heterocycles. The van der Waals surface area contributed by atoms with E-state index in [1.54, 1.807) is 0 Å². The molecule has 2 aromatic carbocycles. The summed E-state index contributed by atoms with van der Waals surface area (Å²) in [6, 6.07) is 13.7. The number of non-ortho nitro benzene ring substituents is 1. The Labute approximate surface area is 139 Å². The van der Waals surface area contributed by atoms with E-state index in [0.29, 0.717) is 12.2 Å². The van der Waals surface area contributed by atoms with Crippen LogP contribution in [0.3, 0.4) is 0 Å². The zero-order valence-corrected chi connectivity index (χ0v) is 13.3. The van der Waals surface area contributed by atoms with E-state index < -0.39 is 4.92 Å². The smallest absolute Gasteiger partial charge is 0.319 e. The van der Waals surface area contributed by atoms with Gasteiger partial charge in [0.1, 0.15) is 5.75 Å². The lowest BCUT2D eigenvalue weighted by atomic mass is 10.1. The van der Waals surface area contributed by atoms with Crippen molar-refractivity contribution in [2.45, 2.75) is 12.8 Å². The van der Waals surface area contributed by atoms with Crippen LogP contribution in [0.15, 0.2) is 48.5 Å². The Morgan fingerprint density at radius 3 is 2.62 bits per heavy atom. The van der Waals surface area contributed by atoms with Crippen LogP contribution >= 0.6 is 0 Å². The summed E-state index contributed by atoms with van der Waals surface area (Å²) >= 11 is 0. The van der Waals surface area contributed by atoms with Crippen LogP contribution < -0.4 is 15.4 Å². The van der Waals surface area contributed by atoms with Crippen LogP contribution in [-0.4, -0.2) is 24.6 Å². The number of benzene rings is 2. The summed E-state index contributed by atoms with van der Waals surface area (Å²) in [5.74, 6) is 0.239. The molecule has 0 unspecified atom stereocenters. The van der Waals surface area contributed by atoms with Crippen molar-refractivity contribution in [3.63, 3.8) is 0 Å². The zero-order valence-electron chi connectivity index (χ0n) is 13.3. The number of methoxy groups -OCH3 is 1. The molecular formula is C17H19N3O4. The van der Waals surface area contributed by atoms with E-state index in [9.17, 15) is 14.9 Å². The predicted octanol–water partition coefficient (Wildman–Crippen LogP) is 3.36. The second-order valence-electron chi connectivity index (χ2n) is 5.11. The van der Waals surface area contributed by atoms with E-state index in [4.69, 9.17) is 4.74 Å². The summed E-state index contributed by atoms with van der Waals surface area (Å²) < 4.78 is 5.07. The fourth-order valence-corrected chi connectivity index (χ4v) is 2.20. The van der Waals surface area contributed by atoms with Gasteiger partial charge >= 0.3 is 6.03 Å². The van der Waals surface area contributed by atoms with E-state index in [-0.39, 0.29) is 17.5 Å². The molecule has 126 valence electrons. The number of nitrogens with one attached hydrogen (secondary N) is 2. The van der Waals surface area contributed by atoms with Gasteiger partial charge in [0.25, 0.3) is 5.69 Å². The third-order valence-electron chi connectivity index (χ3n) is 3.41. The predicted molar refractivity (Wildman–Crippen MR) is 91.4 cm³/mol. The minimum atomic E-state index is -0.518. The number of urea groups is 1. The van der Waals surface area contributed by atoms with Crippen LogP contribution in [0.5, 0.6) is 5.75 Å². The molecule has 2 amide bonds.